The molecule has 4 rings (SSSR count). The average Bonchev–Trinajstić information content (AvgIpc) is 2.97. The van der Waals surface area contributed by atoms with Crippen LogP contribution in [0.15, 0.2) is 89.1 Å². The molecule has 1 atom stereocenters. The lowest BCUT2D eigenvalue weighted by Crippen LogP contribution is -2.47. The fraction of sp³-hybridized carbons (Fsp3) is 0.179. The quantitative estimate of drug-likeness (QED) is 0.209. The molecular weight excluding hydrogens is 544 g/mol. The maximum absolute atomic E-state index is 14.5. The molecule has 212 valence electrons. The van der Waals surface area contributed by atoms with Crippen LogP contribution >= 0.6 is 0 Å². The largest absolute Gasteiger partial charge is 0.468 e. The lowest BCUT2D eigenvalue weighted by molar-refractivity contribution is -0.384. The number of amides is 1. The van der Waals surface area contributed by atoms with Crippen molar-refractivity contribution in [3.63, 3.8) is 0 Å². The molecule has 13 heteroatoms. The number of nitro benzene ring substituents is 1. The Morgan fingerprint density at radius 3 is 2.29 bits per heavy atom. The Bertz CT molecular complexity index is 1510. The van der Waals surface area contributed by atoms with Crippen LogP contribution in [0.1, 0.15) is 17.2 Å². The van der Waals surface area contributed by atoms with Crippen LogP contribution in [-0.4, -0.2) is 48.7 Å². The molecule has 1 amide bonds. The van der Waals surface area contributed by atoms with Gasteiger partial charge >= 0.3 is 18.1 Å². The van der Waals surface area contributed by atoms with E-state index in [0.717, 1.165) is 29.2 Å². The summed E-state index contributed by atoms with van der Waals surface area (Å²) in [6.07, 6.45) is -1.14. The van der Waals surface area contributed by atoms with Gasteiger partial charge in [0.2, 0.25) is 0 Å². The number of esters is 1. The van der Waals surface area contributed by atoms with Crippen LogP contribution in [0.4, 0.5) is 19.3 Å². The Balaban J connectivity index is 1.79. The Morgan fingerprint density at radius 2 is 1.68 bits per heavy atom. The number of methoxy groups -OCH3 is 2. The van der Waals surface area contributed by atoms with E-state index in [1.807, 2.05) is 0 Å². The maximum Gasteiger partial charge on any atom is 0.424 e. The number of hydrogen-bond donors (Lipinski definition) is 0. The fourth-order valence-corrected chi connectivity index (χ4v) is 4.02. The lowest BCUT2D eigenvalue weighted by Gasteiger charge is -2.35. The molecule has 1 aliphatic rings. The number of amidine groups is 1. The van der Waals surface area contributed by atoms with E-state index in [9.17, 15) is 28.5 Å². The molecule has 41 heavy (non-hydrogen) atoms. The van der Waals surface area contributed by atoms with Gasteiger partial charge in [0.25, 0.3) is 5.69 Å². The first-order chi connectivity index (χ1) is 19.7. The van der Waals surface area contributed by atoms with E-state index in [2.05, 4.69) is 4.99 Å². The van der Waals surface area contributed by atoms with Crippen LogP contribution in [0.3, 0.4) is 0 Å². The number of carbonyl (C=O) groups is 2. The van der Waals surface area contributed by atoms with Crippen LogP contribution in [0.2, 0.25) is 0 Å². The predicted molar refractivity (Wildman–Crippen MR) is 140 cm³/mol. The summed E-state index contributed by atoms with van der Waals surface area (Å²) in [5.74, 6) is -3.39. The number of hydrogen-bond acceptors (Lipinski definition) is 9. The van der Waals surface area contributed by atoms with Crippen molar-refractivity contribution >= 4 is 23.8 Å². The molecular formula is C28H23F2N3O8. The summed E-state index contributed by atoms with van der Waals surface area (Å²) in [5.41, 5.74) is 0.198. The minimum Gasteiger partial charge on any atom is -0.468 e. The van der Waals surface area contributed by atoms with Crippen LogP contribution in [0, 0.1) is 21.7 Å². The van der Waals surface area contributed by atoms with Crippen molar-refractivity contribution in [1.29, 1.82) is 0 Å². The molecule has 11 nitrogen and oxygen atoms in total. The van der Waals surface area contributed by atoms with Crippen molar-refractivity contribution in [2.45, 2.75) is 12.6 Å². The molecule has 0 aromatic heterocycles. The second-order valence-corrected chi connectivity index (χ2v) is 8.52. The number of benzene rings is 3. The first-order valence-electron chi connectivity index (χ1n) is 12.0. The highest BCUT2D eigenvalue weighted by atomic mass is 19.2. The zero-order valence-electron chi connectivity index (χ0n) is 21.8. The van der Waals surface area contributed by atoms with E-state index in [-0.39, 0.29) is 47.5 Å². The van der Waals surface area contributed by atoms with Crippen molar-refractivity contribution in [2.75, 3.05) is 20.8 Å². The highest BCUT2D eigenvalue weighted by Gasteiger charge is 2.43. The minimum absolute atomic E-state index is 0.0107. The highest BCUT2D eigenvalue weighted by Crippen LogP contribution is 2.38. The molecule has 1 aliphatic heterocycles. The Hall–Kier alpha value is -5.17. The number of rotatable bonds is 8. The standard InChI is InChI=1S/C28H23F2N3O8/c1-38-16-23-24(26(34)40-15-17-6-4-3-5-7-17)25(18-8-13-21(29)22(30)14-18)32(27(31-23)39-2)28(35)41-20-11-9-19(10-12-20)33(36)37/h3-14,25H,15-16H2,1-2H3. The summed E-state index contributed by atoms with van der Waals surface area (Å²) in [7, 11) is 2.56. The molecule has 0 spiro atoms. The Morgan fingerprint density at radius 1 is 0.976 bits per heavy atom. The van der Waals surface area contributed by atoms with E-state index in [4.69, 9.17) is 18.9 Å². The summed E-state index contributed by atoms with van der Waals surface area (Å²) in [5, 5.41) is 11.0. The maximum atomic E-state index is 14.5. The third-order valence-corrected chi connectivity index (χ3v) is 5.88. The van der Waals surface area contributed by atoms with Crippen LogP contribution in [-0.2, 0) is 25.6 Å². The van der Waals surface area contributed by atoms with Crippen LogP contribution in [0.25, 0.3) is 0 Å². The molecule has 0 saturated heterocycles. The minimum atomic E-state index is -1.46. The normalized spacial score (nSPS) is 14.8. The third-order valence-electron chi connectivity index (χ3n) is 5.88. The number of non-ortho nitro benzene ring substituents is 1. The molecule has 0 saturated carbocycles. The topological polar surface area (TPSA) is 130 Å². The summed E-state index contributed by atoms with van der Waals surface area (Å²) in [6, 6.07) is 14.4. The average molecular weight is 568 g/mol. The van der Waals surface area contributed by atoms with Gasteiger partial charge in [0.15, 0.2) is 11.6 Å². The molecule has 1 heterocycles. The molecule has 0 N–H and O–H groups in total. The summed E-state index contributed by atoms with van der Waals surface area (Å²) >= 11 is 0. The smallest absolute Gasteiger partial charge is 0.424 e. The van der Waals surface area contributed by atoms with E-state index in [1.165, 1.54) is 32.4 Å². The SMILES string of the molecule is COCC1=C(C(=O)OCc2ccccc2)C(c2ccc(F)c(F)c2)N(C(=O)Oc2ccc([N+](=O)[O-])cc2)C(OC)=N1. The van der Waals surface area contributed by atoms with Gasteiger partial charge in [0.1, 0.15) is 18.4 Å². The van der Waals surface area contributed by atoms with Gasteiger partial charge < -0.3 is 18.9 Å². The number of aliphatic imine (C=N–C) groups is 1. The number of nitro groups is 1. The molecule has 3 aromatic rings. The molecule has 0 aliphatic carbocycles. The number of nitrogens with zero attached hydrogens (tertiary/aromatic N) is 3. The Labute approximate surface area is 232 Å². The van der Waals surface area contributed by atoms with E-state index < -0.39 is 34.7 Å². The first-order valence-corrected chi connectivity index (χ1v) is 12.0. The van der Waals surface area contributed by atoms with Gasteiger partial charge in [0.05, 0.1) is 29.9 Å². The first kappa shape index (κ1) is 28.8. The second-order valence-electron chi connectivity index (χ2n) is 8.52. The van der Waals surface area contributed by atoms with E-state index in [1.54, 1.807) is 30.3 Å². The molecule has 0 fully saturated rings. The van der Waals surface area contributed by atoms with Crippen molar-refractivity contribution in [1.82, 2.24) is 4.90 Å². The summed E-state index contributed by atoms with van der Waals surface area (Å²) in [4.78, 5) is 42.5. The number of ether oxygens (including phenoxy) is 4. The van der Waals surface area contributed by atoms with Gasteiger partial charge in [-0.05, 0) is 35.4 Å². The van der Waals surface area contributed by atoms with Gasteiger partial charge in [-0.15, -0.1) is 0 Å². The predicted octanol–water partition coefficient (Wildman–Crippen LogP) is 5.08. The molecule has 1 unspecified atom stereocenters. The van der Waals surface area contributed by atoms with Gasteiger partial charge in [-0.25, -0.2) is 23.3 Å². The monoisotopic (exact) mass is 567 g/mol. The number of carbonyl (C=O) groups excluding carboxylic acids is 2. The van der Waals surface area contributed by atoms with Gasteiger partial charge in [0, 0.05) is 19.2 Å². The van der Waals surface area contributed by atoms with Crippen molar-refractivity contribution in [3.05, 3.63) is 117 Å². The third kappa shape index (κ3) is 6.53. The van der Waals surface area contributed by atoms with Crippen LogP contribution in [0.5, 0.6) is 5.75 Å². The van der Waals surface area contributed by atoms with Gasteiger partial charge in [-0.3, -0.25) is 10.1 Å². The van der Waals surface area contributed by atoms with Gasteiger partial charge in [-0.1, -0.05) is 36.4 Å². The Kier molecular flexibility index (Phi) is 8.99. The van der Waals surface area contributed by atoms with E-state index in [0.29, 0.717) is 5.56 Å². The molecule has 0 bridgehead atoms. The molecule has 3 aromatic carbocycles. The summed E-state index contributed by atoms with van der Waals surface area (Å²) in [6.45, 7) is -0.365. The zero-order chi connectivity index (χ0) is 29.5. The highest BCUT2D eigenvalue weighted by molar-refractivity contribution is 6.00. The zero-order valence-corrected chi connectivity index (χ0v) is 21.8. The van der Waals surface area contributed by atoms with Crippen molar-refractivity contribution in [2.24, 2.45) is 4.99 Å². The van der Waals surface area contributed by atoms with Crippen LogP contribution < -0.4 is 4.74 Å². The van der Waals surface area contributed by atoms with E-state index >= 15 is 0 Å². The number of halogens is 2. The molecule has 0 radical (unpaired) electrons. The fourth-order valence-electron chi connectivity index (χ4n) is 4.02. The van der Waals surface area contributed by atoms with Gasteiger partial charge in [-0.2, -0.15) is 4.99 Å². The van der Waals surface area contributed by atoms with Crippen molar-refractivity contribution < 1.29 is 42.2 Å². The lowest BCUT2D eigenvalue weighted by atomic mass is 9.94. The summed E-state index contributed by atoms with van der Waals surface area (Å²) < 4.78 is 49.8. The van der Waals surface area contributed by atoms with Crippen molar-refractivity contribution in [3.8, 4) is 5.75 Å². The second kappa shape index (κ2) is 12.8.